The number of rotatable bonds is 8. The molecular weight excluding hydrogens is 598 g/mol. The smallest absolute Gasteiger partial charge is 0.415 e. The standard InChI is InChI=1S/C28H31N5O12/c1-43-24(34)23-13-20(15-32(23)27(39)44-17-18-5-3-2-4-6-18)31(28(40)45-22-9-7-19(8-10-22)33(41)42)16-21-14-29(25(35)36)11-12-30(21)26(37)38/h2-10,20-21,23H,11-17H2,1H3,(H,35,36)(H,37,38)/t20-,21-,23-/m0/s1. The molecule has 240 valence electrons. The largest absolute Gasteiger partial charge is 0.467 e. The second kappa shape index (κ2) is 14.2. The number of non-ortho nitro benzene ring substituents is 1. The van der Waals surface area contributed by atoms with Gasteiger partial charge in [-0.2, -0.15) is 0 Å². The lowest BCUT2D eigenvalue weighted by Crippen LogP contribution is -2.61. The van der Waals surface area contributed by atoms with Crippen LogP contribution in [0.2, 0.25) is 0 Å². The number of likely N-dealkylation sites (tertiary alicyclic amines) is 1. The molecule has 2 aliphatic heterocycles. The minimum Gasteiger partial charge on any atom is -0.467 e. The van der Waals surface area contributed by atoms with Gasteiger partial charge in [-0.05, 0) is 17.7 Å². The molecule has 2 saturated heterocycles. The average Bonchev–Trinajstić information content (AvgIpc) is 3.48. The molecule has 0 bridgehead atoms. The van der Waals surface area contributed by atoms with Crippen LogP contribution in [0, 0.1) is 10.1 Å². The van der Waals surface area contributed by atoms with Gasteiger partial charge in [-0.15, -0.1) is 0 Å². The van der Waals surface area contributed by atoms with Gasteiger partial charge in [-0.3, -0.25) is 15.0 Å². The van der Waals surface area contributed by atoms with E-state index >= 15 is 0 Å². The van der Waals surface area contributed by atoms with Crippen LogP contribution >= 0.6 is 0 Å². The predicted molar refractivity (Wildman–Crippen MR) is 151 cm³/mol. The molecule has 2 N–H and O–H groups in total. The molecule has 0 aromatic heterocycles. The van der Waals surface area contributed by atoms with Crippen LogP contribution in [0.4, 0.5) is 24.9 Å². The van der Waals surface area contributed by atoms with Gasteiger partial charge in [0.1, 0.15) is 18.4 Å². The normalized spacial score (nSPS) is 19.4. The number of nitrogens with zero attached hydrogens (tertiary/aromatic N) is 5. The molecule has 17 nitrogen and oxygen atoms in total. The highest BCUT2D eigenvalue weighted by Gasteiger charge is 2.46. The van der Waals surface area contributed by atoms with Gasteiger partial charge in [0.25, 0.3) is 5.69 Å². The van der Waals surface area contributed by atoms with Crippen LogP contribution in [0.1, 0.15) is 12.0 Å². The van der Waals surface area contributed by atoms with Crippen molar-refractivity contribution in [3.05, 3.63) is 70.3 Å². The zero-order valence-electron chi connectivity index (χ0n) is 24.1. The highest BCUT2D eigenvalue weighted by molar-refractivity contribution is 5.83. The maximum Gasteiger partial charge on any atom is 0.415 e. The molecule has 2 aromatic carbocycles. The van der Waals surface area contributed by atoms with Gasteiger partial charge in [-0.25, -0.2) is 24.0 Å². The minimum absolute atomic E-state index is 0.0665. The molecule has 2 aromatic rings. The van der Waals surface area contributed by atoms with E-state index in [0.717, 1.165) is 38.8 Å². The van der Waals surface area contributed by atoms with Crippen molar-refractivity contribution in [2.75, 3.05) is 39.8 Å². The van der Waals surface area contributed by atoms with E-state index in [1.807, 2.05) is 0 Å². The number of nitro benzene ring substituents is 1. The molecular formula is C28H31N5O12. The fourth-order valence-electron chi connectivity index (χ4n) is 5.24. The predicted octanol–water partition coefficient (Wildman–Crippen LogP) is 2.69. The maximum atomic E-state index is 13.6. The van der Waals surface area contributed by atoms with Crippen molar-refractivity contribution in [2.24, 2.45) is 0 Å². The molecule has 2 fully saturated rings. The Hall–Kier alpha value is -5.61. The molecule has 17 heteroatoms. The van der Waals surface area contributed by atoms with Gasteiger partial charge in [0.2, 0.25) is 0 Å². The molecule has 0 aliphatic carbocycles. The van der Waals surface area contributed by atoms with Crippen LogP contribution in [0.25, 0.3) is 0 Å². The summed E-state index contributed by atoms with van der Waals surface area (Å²) in [7, 11) is 1.14. The Balaban J connectivity index is 1.61. The number of ether oxygens (including phenoxy) is 3. The third-order valence-corrected chi connectivity index (χ3v) is 7.53. The number of amides is 4. The van der Waals surface area contributed by atoms with Gasteiger partial charge in [-0.1, -0.05) is 30.3 Å². The van der Waals surface area contributed by atoms with Crippen molar-refractivity contribution >= 4 is 36.0 Å². The lowest BCUT2D eigenvalue weighted by Gasteiger charge is -2.41. The second-order valence-corrected chi connectivity index (χ2v) is 10.3. The fourth-order valence-corrected chi connectivity index (χ4v) is 5.24. The Morgan fingerprint density at radius 3 is 2.24 bits per heavy atom. The number of nitro groups is 1. The van der Waals surface area contributed by atoms with Gasteiger partial charge in [0.05, 0.1) is 24.1 Å². The Morgan fingerprint density at radius 1 is 0.956 bits per heavy atom. The number of hydrogen-bond acceptors (Lipinski definition) is 10. The number of benzene rings is 2. The van der Waals surface area contributed by atoms with Crippen LogP contribution in [-0.4, -0.2) is 123 Å². The lowest BCUT2D eigenvalue weighted by molar-refractivity contribution is -0.384. The van der Waals surface area contributed by atoms with Crippen molar-refractivity contribution < 1.29 is 53.3 Å². The number of hydrogen-bond donors (Lipinski definition) is 2. The van der Waals surface area contributed by atoms with Crippen LogP contribution < -0.4 is 4.74 Å². The highest BCUT2D eigenvalue weighted by Crippen LogP contribution is 2.28. The van der Waals surface area contributed by atoms with E-state index in [4.69, 9.17) is 14.2 Å². The van der Waals surface area contributed by atoms with Crippen molar-refractivity contribution in [2.45, 2.75) is 31.2 Å². The van der Waals surface area contributed by atoms with Crippen LogP contribution in [0.3, 0.4) is 0 Å². The average molecular weight is 630 g/mol. The summed E-state index contributed by atoms with van der Waals surface area (Å²) in [5.74, 6) is -0.845. The maximum absolute atomic E-state index is 13.6. The molecule has 0 spiro atoms. The summed E-state index contributed by atoms with van der Waals surface area (Å²) in [4.78, 5) is 77.9. The van der Waals surface area contributed by atoms with Crippen molar-refractivity contribution in [3.63, 3.8) is 0 Å². The topological polar surface area (TPSA) is 210 Å². The van der Waals surface area contributed by atoms with E-state index in [2.05, 4.69) is 0 Å². The van der Waals surface area contributed by atoms with Crippen molar-refractivity contribution in [1.82, 2.24) is 19.6 Å². The zero-order valence-corrected chi connectivity index (χ0v) is 24.1. The van der Waals surface area contributed by atoms with E-state index < -0.39 is 53.4 Å². The molecule has 0 saturated carbocycles. The lowest BCUT2D eigenvalue weighted by atomic mass is 10.1. The van der Waals surface area contributed by atoms with Crippen molar-refractivity contribution in [1.29, 1.82) is 0 Å². The summed E-state index contributed by atoms with van der Waals surface area (Å²) in [6.45, 7) is -1.20. The summed E-state index contributed by atoms with van der Waals surface area (Å²) in [5, 5.41) is 30.4. The molecule has 2 aliphatic rings. The summed E-state index contributed by atoms with van der Waals surface area (Å²) in [5.41, 5.74) is 0.444. The number of carboxylic acid groups (broad SMARTS) is 2. The second-order valence-electron chi connectivity index (χ2n) is 10.3. The van der Waals surface area contributed by atoms with E-state index in [1.165, 1.54) is 12.1 Å². The van der Waals surface area contributed by atoms with Gasteiger partial charge in [0.15, 0.2) is 0 Å². The SMILES string of the molecule is COC(=O)[C@@H]1C[C@H](N(C[C@@H]2CN(C(=O)O)CCN2C(=O)O)C(=O)Oc2ccc([N+](=O)[O-])cc2)CN1C(=O)OCc1ccccc1. The van der Waals surface area contributed by atoms with E-state index in [0.29, 0.717) is 5.56 Å². The number of piperazine rings is 1. The molecule has 3 atom stereocenters. The Bertz CT molecular complexity index is 1420. The van der Waals surface area contributed by atoms with E-state index in [9.17, 15) is 44.3 Å². The van der Waals surface area contributed by atoms with Gasteiger partial charge < -0.3 is 39.1 Å². The fraction of sp³-hybridized carbons (Fsp3) is 0.393. The summed E-state index contributed by atoms with van der Waals surface area (Å²) < 4.78 is 15.8. The number of esters is 1. The van der Waals surface area contributed by atoms with Crippen LogP contribution in [0.15, 0.2) is 54.6 Å². The number of methoxy groups -OCH3 is 1. The van der Waals surface area contributed by atoms with E-state index in [-0.39, 0.29) is 57.2 Å². The third-order valence-electron chi connectivity index (χ3n) is 7.53. The molecule has 0 radical (unpaired) electrons. The molecule has 4 rings (SSSR count). The Labute approximate surface area is 256 Å². The first-order valence-corrected chi connectivity index (χ1v) is 13.7. The summed E-state index contributed by atoms with van der Waals surface area (Å²) >= 11 is 0. The van der Waals surface area contributed by atoms with Crippen LogP contribution in [0.5, 0.6) is 5.75 Å². The number of carbonyl (C=O) groups is 5. The number of carbonyl (C=O) groups excluding carboxylic acids is 3. The summed E-state index contributed by atoms with van der Waals surface area (Å²) in [6, 6.07) is 10.3. The third kappa shape index (κ3) is 7.87. The first-order valence-electron chi connectivity index (χ1n) is 13.7. The van der Waals surface area contributed by atoms with Crippen LogP contribution in [-0.2, 0) is 20.9 Å². The quantitative estimate of drug-likeness (QED) is 0.245. The Morgan fingerprint density at radius 2 is 1.64 bits per heavy atom. The summed E-state index contributed by atoms with van der Waals surface area (Å²) in [6.07, 6.45) is -4.62. The monoisotopic (exact) mass is 629 g/mol. The van der Waals surface area contributed by atoms with Gasteiger partial charge >= 0.3 is 30.3 Å². The Kier molecular flexibility index (Phi) is 10.2. The minimum atomic E-state index is -1.33. The first-order chi connectivity index (χ1) is 21.5. The molecule has 4 amide bonds. The zero-order chi connectivity index (χ0) is 32.7. The van der Waals surface area contributed by atoms with E-state index in [1.54, 1.807) is 30.3 Å². The van der Waals surface area contributed by atoms with Crippen molar-refractivity contribution in [3.8, 4) is 5.75 Å². The molecule has 0 unspecified atom stereocenters. The molecule has 2 heterocycles. The molecule has 45 heavy (non-hydrogen) atoms. The van der Waals surface area contributed by atoms with Gasteiger partial charge in [0, 0.05) is 51.3 Å². The first kappa shape index (κ1) is 32.3. The highest BCUT2D eigenvalue weighted by atomic mass is 16.6.